The monoisotopic (exact) mass is 559 g/mol. The molecule has 202 valence electrons. The van der Waals surface area contributed by atoms with E-state index in [1.165, 1.54) is 18.2 Å². The van der Waals surface area contributed by atoms with Crippen molar-refractivity contribution in [2.75, 3.05) is 13.2 Å². The molecule has 0 atom stereocenters. The highest BCUT2D eigenvalue weighted by atomic mass is 32.2. The van der Waals surface area contributed by atoms with E-state index >= 15 is 0 Å². The average Bonchev–Trinajstić information content (AvgIpc) is 3.40. The SMILES string of the molecule is Cc1ccc(S(=O)(=O)OCCOc2ccc(-c3nc(-c4ccc(CN=[N+]=[N-])cc4)no3)cc2C(F)(F)F)cc1. The smallest absolute Gasteiger partial charge is 0.419 e. The van der Waals surface area contributed by atoms with Crippen LogP contribution >= 0.6 is 0 Å². The lowest BCUT2D eigenvalue weighted by atomic mass is 10.1. The number of aryl methyl sites for hydroxylation is 1. The molecule has 14 heteroatoms. The largest absolute Gasteiger partial charge is 0.490 e. The molecule has 0 radical (unpaired) electrons. The molecule has 0 N–H and O–H groups in total. The zero-order valence-corrected chi connectivity index (χ0v) is 21.1. The van der Waals surface area contributed by atoms with Gasteiger partial charge in [0.2, 0.25) is 5.82 Å². The zero-order chi connectivity index (χ0) is 28.0. The highest BCUT2D eigenvalue weighted by Crippen LogP contribution is 2.39. The molecule has 0 saturated heterocycles. The number of hydrogen-bond acceptors (Lipinski definition) is 8. The van der Waals surface area contributed by atoms with Gasteiger partial charge in [0.05, 0.1) is 17.0 Å². The number of azide groups is 1. The van der Waals surface area contributed by atoms with Crippen LogP contribution in [0, 0.1) is 6.92 Å². The maximum absolute atomic E-state index is 13.8. The van der Waals surface area contributed by atoms with Crippen molar-refractivity contribution < 1.29 is 35.0 Å². The Labute approximate surface area is 220 Å². The standard InChI is InChI=1S/C25H20F3N5O5S/c1-16-2-9-20(10-3-16)39(34,35)37-13-12-36-22-11-8-19(14-21(22)25(26,27)28)24-31-23(32-38-24)18-6-4-17(5-7-18)15-30-33-29/h2-11,14H,12-13,15H2,1H3. The fourth-order valence-corrected chi connectivity index (χ4v) is 4.30. The van der Waals surface area contributed by atoms with Gasteiger partial charge in [-0.2, -0.15) is 26.6 Å². The van der Waals surface area contributed by atoms with Gasteiger partial charge in [0, 0.05) is 16.0 Å². The molecule has 0 aliphatic heterocycles. The highest BCUT2D eigenvalue weighted by Gasteiger charge is 2.35. The van der Waals surface area contributed by atoms with Crippen molar-refractivity contribution in [3.63, 3.8) is 0 Å². The number of benzene rings is 3. The van der Waals surface area contributed by atoms with Gasteiger partial charge in [-0.25, -0.2) is 0 Å². The van der Waals surface area contributed by atoms with Crippen LogP contribution in [-0.4, -0.2) is 31.8 Å². The fourth-order valence-electron chi connectivity index (χ4n) is 3.41. The zero-order valence-electron chi connectivity index (χ0n) is 20.3. The molecule has 1 heterocycles. The number of ether oxygens (including phenoxy) is 1. The van der Waals surface area contributed by atoms with E-state index in [1.807, 2.05) is 0 Å². The Balaban J connectivity index is 1.46. The summed E-state index contributed by atoms with van der Waals surface area (Å²) in [6.07, 6.45) is -4.79. The Hall–Kier alpha value is -4.39. The Bertz CT molecular complexity index is 1600. The van der Waals surface area contributed by atoms with Crippen LogP contribution in [-0.2, 0) is 27.0 Å². The summed E-state index contributed by atoms with van der Waals surface area (Å²) in [6, 6.07) is 15.9. The molecular weight excluding hydrogens is 539 g/mol. The first kappa shape index (κ1) is 27.6. The van der Waals surface area contributed by atoms with Crippen molar-refractivity contribution in [3.8, 4) is 28.6 Å². The third kappa shape index (κ3) is 6.93. The summed E-state index contributed by atoms with van der Waals surface area (Å²) in [5.41, 5.74) is 9.46. The second kappa shape index (κ2) is 11.6. The van der Waals surface area contributed by atoms with Crippen LogP contribution in [0.1, 0.15) is 16.7 Å². The molecule has 39 heavy (non-hydrogen) atoms. The Morgan fingerprint density at radius 2 is 1.69 bits per heavy atom. The first-order chi connectivity index (χ1) is 18.6. The predicted octanol–water partition coefficient (Wildman–Crippen LogP) is 6.33. The molecule has 4 aromatic rings. The highest BCUT2D eigenvalue weighted by molar-refractivity contribution is 7.86. The molecule has 4 rings (SSSR count). The second-order valence-corrected chi connectivity index (χ2v) is 9.77. The molecule has 0 spiro atoms. The number of aromatic nitrogens is 2. The Morgan fingerprint density at radius 3 is 2.36 bits per heavy atom. The number of hydrogen-bond donors (Lipinski definition) is 0. The van der Waals surface area contributed by atoms with Gasteiger partial charge in [-0.05, 0) is 48.4 Å². The van der Waals surface area contributed by atoms with Crippen LogP contribution in [0.25, 0.3) is 33.3 Å². The minimum atomic E-state index is -4.79. The van der Waals surface area contributed by atoms with Crippen molar-refractivity contribution in [3.05, 3.63) is 93.9 Å². The third-order valence-electron chi connectivity index (χ3n) is 5.38. The maximum Gasteiger partial charge on any atom is 0.419 e. The van der Waals surface area contributed by atoms with Crippen molar-refractivity contribution in [1.29, 1.82) is 0 Å². The fraction of sp³-hybridized carbons (Fsp3) is 0.200. The minimum absolute atomic E-state index is 0.00611. The summed E-state index contributed by atoms with van der Waals surface area (Å²) in [7, 11) is -4.09. The minimum Gasteiger partial charge on any atom is -0.490 e. The van der Waals surface area contributed by atoms with E-state index in [4.69, 9.17) is 19.0 Å². The van der Waals surface area contributed by atoms with E-state index in [9.17, 15) is 21.6 Å². The molecule has 0 saturated carbocycles. The van der Waals surface area contributed by atoms with E-state index in [-0.39, 0.29) is 28.7 Å². The molecule has 0 aliphatic carbocycles. The maximum atomic E-state index is 13.8. The predicted molar refractivity (Wildman–Crippen MR) is 133 cm³/mol. The van der Waals surface area contributed by atoms with E-state index in [0.717, 1.165) is 23.3 Å². The van der Waals surface area contributed by atoms with Gasteiger partial charge in [-0.3, -0.25) is 4.18 Å². The lowest BCUT2D eigenvalue weighted by Crippen LogP contribution is -2.15. The molecule has 0 amide bonds. The molecule has 0 aliphatic rings. The lowest BCUT2D eigenvalue weighted by molar-refractivity contribution is -0.139. The normalized spacial score (nSPS) is 11.7. The number of alkyl halides is 3. The Kier molecular flexibility index (Phi) is 8.19. The van der Waals surface area contributed by atoms with E-state index in [2.05, 4.69) is 20.2 Å². The topological polar surface area (TPSA) is 140 Å². The summed E-state index contributed by atoms with van der Waals surface area (Å²) in [5, 5.41) is 7.30. The van der Waals surface area contributed by atoms with Gasteiger partial charge in [0.1, 0.15) is 19.0 Å². The quantitative estimate of drug-likeness (QED) is 0.0727. The Morgan fingerprint density at radius 1 is 1.00 bits per heavy atom. The number of rotatable bonds is 10. The van der Waals surface area contributed by atoms with Crippen LogP contribution < -0.4 is 4.74 Å². The summed E-state index contributed by atoms with van der Waals surface area (Å²) >= 11 is 0. The summed E-state index contributed by atoms with van der Waals surface area (Å²) in [5.74, 6) is -0.508. The van der Waals surface area contributed by atoms with Gasteiger partial charge >= 0.3 is 6.18 Å². The van der Waals surface area contributed by atoms with E-state index < -0.39 is 40.8 Å². The van der Waals surface area contributed by atoms with Crippen LogP contribution in [0.2, 0.25) is 0 Å². The van der Waals surface area contributed by atoms with Gasteiger partial charge in [-0.1, -0.05) is 52.2 Å². The van der Waals surface area contributed by atoms with E-state index in [1.54, 1.807) is 43.3 Å². The van der Waals surface area contributed by atoms with Crippen LogP contribution in [0.3, 0.4) is 0 Å². The molecule has 1 aromatic heterocycles. The van der Waals surface area contributed by atoms with Crippen molar-refractivity contribution >= 4 is 10.1 Å². The van der Waals surface area contributed by atoms with Crippen LogP contribution in [0.4, 0.5) is 13.2 Å². The third-order valence-corrected chi connectivity index (χ3v) is 6.70. The first-order valence-electron chi connectivity index (χ1n) is 11.3. The molecule has 10 nitrogen and oxygen atoms in total. The van der Waals surface area contributed by atoms with Gasteiger partial charge in [0.25, 0.3) is 16.0 Å². The molecule has 3 aromatic carbocycles. The first-order valence-corrected chi connectivity index (χ1v) is 12.7. The van der Waals surface area contributed by atoms with Crippen molar-refractivity contribution in [2.45, 2.75) is 24.5 Å². The lowest BCUT2D eigenvalue weighted by Gasteiger charge is -2.15. The summed E-state index contributed by atoms with van der Waals surface area (Å²) < 4.78 is 81.1. The summed E-state index contributed by atoms with van der Waals surface area (Å²) in [6.45, 7) is 1.01. The molecule has 0 unspecified atom stereocenters. The van der Waals surface area contributed by atoms with Crippen LogP contribution in [0.5, 0.6) is 5.75 Å². The van der Waals surface area contributed by atoms with Gasteiger partial charge in [-0.15, -0.1) is 0 Å². The second-order valence-electron chi connectivity index (χ2n) is 8.16. The summed E-state index contributed by atoms with van der Waals surface area (Å²) in [4.78, 5) is 6.79. The molecule has 0 fully saturated rings. The number of nitrogens with zero attached hydrogens (tertiary/aromatic N) is 5. The van der Waals surface area contributed by atoms with Gasteiger partial charge in [0.15, 0.2) is 0 Å². The van der Waals surface area contributed by atoms with Crippen LogP contribution in [0.15, 0.2) is 81.3 Å². The van der Waals surface area contributed by atoms with Crippen molar-refractivity contribution in [1.82, 2.24) is 10.1 Å². The van der Waals surface area contributed by atoms with Gasteiger partial charge < -0.3 is 9.26 Å². The average molecular weight is 560 g/mol. The molecule has 0 bridgehead atoms. The molecular formula is C25H20F3N5O5S. The number of halogens is 3. The van der Waals surface area contributed by atoms with Crippen molar-refractivity contribution in [2.24, 2.45) is 5.11 Å². The van der Waals surface area contributed by atoms with E-state index in [0.29, 0.717) is 5.56 Å².